The molecule has 0 aliphatic rings. The number of benzene rings is 1. The van der Waals surface area contributed by atoms with E-state index in [-0.39, 0.29) is 6.61 Å². The summed E-state index contributed by atoms with van der Waals surface area (Å²) in [5, 5.41) is 0. The zero-order valence-corrected chi connectivity index (χ0v) is 12.4. The van der Waals surface area contributed by atoms with E-state index in [9.17, 15) is 9.59 Å². The van der Waals surface area contributed by atoms with Crippen molar-refractivity contribution in [3.05, 3.63) is 54.5 Å². The zero-order valence-electron chi connectivity index (χ0n) is 12.4. The molecule has 0 spiro atoms. The molecule has 0 atom stereocenters. The Morgan fingerprint density at radius 3 is 2.52 bits per heavy atom. The first-order chi connectivity index (χ1) is 11.2. The molecular weight excluding hydrogens is 300 g/mol. The number of carbonyl (C=O) groups excluding carboxylic acids is 2. The molecule has 23 heavy (non-hydrogen) atoms. The van der Waals surface area contributed by atoms with E-state index in [2.05, 4.69) is 10.9 Å². The predicted octanol–water partition coefficient (Wildman–Crippen LogP) is 1.53. The van der Waals surface area contributed by atoms with Crippen molar-refractivity contribution >= 4 is 17.9 Å². The SMILES string of the molecule is COc1ccc(OCC(=O)NNC(=O)C=Cc2ccco2)cc1. The van der Waals surface area contributed by atoms with Crippen molar-refractivity contribution in [2.75, 3.05) is 13.7 Å². The highest BCUT2D eigenvalue weighted by Crippen LogP contribution is 2.16. The van der Waals surface area contributed by atoms with Gasteiger partial charge in [-0.15, -0.1) is 0 Å². The maximum absolute atomic E-state index is 11.6. The molecular formula is C16H16N2O5. The first-order valence-electron chi connectivity index (χ1n) is 6.74. The molecule has 0 bridgehead atoms. The fraction of sp³-hybridized carbons (Fsp3) is 0.125. The van der Waals surface area contributed by atoms with Crippen molar-refractivity contribution in [2.24, 2.45) is 0 Å². The van der Waals surface area contributed by atoms with E-state index in [0.717, 1.165) is 0 Å². The van der Waals surface area contributed by atoms with Gasteiger partial charge in [0.2, 0.25) is 0 Å². The fourth-order valence-corrected chi connectivity index (χ4v) is 1.57. The number of hydrogen-bond donors (Lipinski definition) is 2. The van der Waals surface area contributed by atoms with Gasteiger partial charge in [-0.3, -0.25) is 20.4 Å². The van der Waals surface area contributed by atoms with Gasteiger partial charge >= 0.3 is 0 Å². The molecule has 0 aliphatic heterocycles. The second kappa shape index (κ2) is 8.28. The number of nitrogens with one attached hydrogen (secondary N) is 2. The lowest BCUT2D eigenvalue weighted by atomic mass is 10.3. The summed E-state index contributed by atoms with van der Waals surface area (Å²) in [5.74, 6) is 0.775. The van der Waals surface area contributed by atoms with Crippen LogP contribution >= 0.6 is 0 Å². The van der Waals surface area contributed by atoms with E-state index in [1.165, 1.54) is 18.4 Å². The number of furan rings is 1. The molecule has 0 saturated heterocycles. The Balaban J connectivity index is 1.69. The largest absolute Gasteiger partial charge is 0.497 e. The summed E-state index contributed by atoms with van der Waals surface area (Å²) < 4.78 is 15.3. The van der Waals surface area contributed by atoms with E-state index in [1.807, 2.05) is 0 Å². The van der Waals surface area contributed by atoms with E-state index in [4.69, 9.17) is 13.9 Å². The number of hydrazine groups is 1. The van der Waals surface area contributed by atoms with Crippen LogP contribution in [0.5, 0.6) is 11.5 Å². The number of amides is 2. The molecule has 1 aromatic heterocycles. The van der Waals surface area contributed by atoms with Gasteiger partial charge < -0.3 is 13.9 Å². The number of hydrogen-bond acceptors (Lipinski definition) is 5. The third-order valence-corrected chi connectivity index (χ3v) is 2.70. The minimum atomic E-state index is -0.487. The third-order valence-electron chi connectivity index (χ3n) is 2.70. The van der Waals surface area contributed by atoms with E-state index >= 15 is 0 Å². The van der Waals surface area contributed by atoms with Crippen LogP contribution < -0.4 is 20.3 Å². The monoisotopic (exact) mass is 316 g/mol. The number of carbonyl (C=O) groups is 2. The number of methoxy groups -OCH3 is 1. The fourth-order valence-electron chi connectivity index (χ4n) is 1.57. The van der Waals surface area contributed by atoms with Gasteiger partial charge in [0, 0.05) is 6.08 Å². The summed E-state index contributed by atoms with van der Waals surface area (Å²) in [6, 6.07) is 10.2. The first-order valence-corrected chi connectivity index (χ1v) is 6.74. The molecule has 1 aromatic carbocycles. The van der Waals surface area contributed by atoms with Crippen LogP contribution in [0.1, 0.15) is 5.76 Å². The first kappa shape index (κ1) is 16.2. The Kier molecular flexibility index (Phi) is 5.81. The van der Waals surface area contributed by atoms with Crippen LogP contribution in [0.25, 0.3) is 6.08 Å². The average molecular weight is 316 g/mol. The molecule has 2 N–H and O–H groups in total. The molecule has 120 valence electrons. The molecule has 7 heteroatoms. The molecule has 7 nitrogen and oxygen atoms in total. The van der Waals surface area contributed by atoms with Crippen molar-refractivity contribution in [3.8, 4) is 11.5 Å². The van der Waals surface area contributed by atoms with Crippen LogP contribution in [0, 0.1) is 0 Å². The van der Waals surface area contributed by atoms with Gasteiger partial charge in [-0.25, -0.2) is 0 Å². The molecule has 2 rings (SSSR count). The van der Waals surface area contributed by atoms with Gasteiger partial charge in [0.1, 0.15) is 17.3 Å². The lowest BCUT2D eigenvalue weighted by Gasteiger charge is -2.08. The second-order valence-corrected chi connectivity index (χ2v) is 4.35. The maximum Gasteiger partial charge on any atom is 0.276 e. The van der Waals surface area contributed by atoms with Gasteiger partial charge in [0.25, 0.3) is 11.8 Å². The summed E-state index contributed by atoms with van der Waals surface area (Å²) in [6.45, 7) is -0.228. The summed E-state index contributed by atoms with van der Waals surface area (Å²) in [6.07, 6.45) is 4.22. The Labute approximate surface area is 132 Å². The molecule has 1 heterocycles. The van der Waals surface area contributed by atoms with Crippen molar-refractivity contribution < 1.29 is 23.5 Å². The summed E-state index contributed by atoms with van der Waals surface area (Å²) >= 11 is 0. The maximum atomic E-state index is 11.6. The van der Waals surface area contributed by atoms with Crippen LogP contribution in [0.3, 0.4) is 0 Å². The van der Waals surface area contributed by atoms with Gasteiger partial charge in [-0.05, 0) is 42.5 Å². The summed E-state index contributed by atoms with van der Waals surface area (Å²) in [5.41, 5.74) is 4.47. The van der Waals surface area contributed by atoms with Gasteiger partial charge in [0.15, 0.2) is 6.61 Å². The van der Waals surface area contributed by atoms with Gasteiger partial charge in [0.05, 0.1) is 13.4 Å². The molecule has 0 unspecified atom stereocenters. The van der Waals surface area contributed by atoms with Crippen LogP contribution in [0.15, 0.2) is 53.2 Å². The minimum Gasteiger partial charge on any atom is -0.497 e. The average Bonchev–Trinajstić information content (AvgIpc) is 3.10. The smallest absolute Gasteiger partial charge is 0.276 e. The topological polar surface area (TPSA) is 89.8 Å². The summed E-state index contributed by atoms with van der Waals surface area (Å²) in [4.78, 5) is 23.0. The minimum absolute atomic E-state index is 0.228. The Morgan fingerprint density at radius 2 is 1.87 bits per heavy atom. The standard InChI is InChI=1S/C16H16N2O5/c1-21-12-4-6-14(7-5-12)23-11-16(20)18-17-15(19)9-8-13-3-2-10-22-13/h2-10H,11H2,1H3,(H,17,19)(H,18,20). The molecule has 0 radical (unpaired) electrons. The van der Waals surface area contributed by atoms with E-state index in [0.29, 0.717) is 17.3 Å². The highest BCUT2D eigenvalue weighted by molar-refractivity contribution is 5.92. The Morgan fingerprint density at radius 1 is 1.13 bits per heavy atom. The molecule has 2 aromatic rings. The van der Waals surface area contributed by atoms with Crippen molar-refractivity contribution in [2.45, 2.75) is 0 Å². The van der Waals surface area contributed by atoms with Crippen LogP contribution in [0.4, 0.5) is 0 Å². The lowest BCUT2D eigenvalue weighted by molar-refractivity contribution is -0.128. The van der Waals surface area contributed by atoms with Crippen molar-refractivity contribution in [1.82, 2.24) is 10.9 Å². The lowest BCUT2D eigenvalue weighted by Crippen LogP contribution is -2.43. The second-order valence-electron chi connectivity index (χ2n) is 4.35. The van der Waals surface area contributed by atoms with Gasteiger partial charge in [-0.1, -0.05) is 0 Å². The quantitative estimate of drug-likeness (QED) is 0.623. The van der Waals surface area contributed by atoms with E-state index < -0.39 is 11.8 Å². The normalized spacial score (nSPS) is 10.3. The number of ether oxygens (including phenoxy) is 2. The van der Waals surface area contributed by atoms with Crippen LogP contribution in [0.2, 0.25) is 0 Å². The van der Waals surface area contributed by atoms with Crippen molar-refractivity contribution in [3.63, 3.8) is 0 Å². The molecule has 0 fully saturated rings. The number of rotatable bonds is 6. The van der Waals surface area contributed by atoms with Crippen molar-refractivity contribution in [1.29, 1.82) is 0 Å². The third kappa shape index (κ3) is 5.58. The molecule has 2 amide bonds. The van der Waals surface area contributed by atoms with E-state index in [1.54, 1.807) is 43.5 Å². The summed E-state index contributed by atoms with van der Waals surface area (Å²) in [7, 11) is 1.56. The zero-order chi connectivity index (χ0) is 16.5. The Bertz CT molecular complexity index is 662. The molecule has 0 aliphatic carbocycles. The highest BCUT2D eigenvalue weighted by atomic mass is 16.5. The Hall–Kier alpha value is -3.22. The highest BCUT2D eigenvalue weighted by Gasteiger charge is 2.04. The molecule has 0 saturated carbocycles. The predicted molar refractivity (Wildman–Crippen MR) is 82.5 cm³/mol. The van der Waals surface area contributed by atoms with Crippen LogP contribution in [-0.4, -0.2) is 25.5 Å². The van der Waals surface area contributed by atoms with Gasteiger partial charge in [-0.2, -0.15) is 0 Å². The van der Waals surface area contributed by atoms with Crippen LogP contribution in [-0.2, 0) is 9.59 Å².